The van der Waals surface area contributed by atoms with Crippen LogP contribution in [0.25, 0.3) is 44.7 Å². The third-order valence-electron chi connectivity index (χ3n) is 5.42. The number of carboxylic acid groups (broad SMARTS) is 1. The molecule has 2 aromatic heterocycles. The van der Waals surface area contributed by atoms with E-state index in [2.05, 4.69) is 20.4 Å². The number of hydrogen-bond donors (Lipinski definition) is 4. The van der Waals surface area contributed by atoms with Crippen molar-refractivity contribution in [1.29, 1.82) is 0 Å². The van der Waals surface area contributed by atoms with E-state index < -0.39 is 6.09 Å². The van der Waals surface area contributed by atoms with Gasteiger partial charge >= 0.3 is 6.09 Å². The maximum absolute atomic E-state index is 10.7. The van der Waals surface area contributed by atoms with Crippen LogP contribution in [0.5, 0.6) is 5.75 Å². The zero-order valence-corrected chi connectivity index (χ0v) is 17.7. The molecule has 1 amide bonds. The van der Waals surface area contributed by atoms with E-state index in [0.29, 0.717) is 17.3 Å². The summed E-state index contributed by atoms with van der Waals surface area (Å²) in [7, 11) is 0. The van der Waals surface area contributed by atoms with Crippen LogP contribution in [0.1, 0.15) is 11.5 Å². The van der Waals surface area contributed by atoms with E-state index in [1.54, 1.807) is 13.0 Å². The van der Waals surface area contributed by atoms with Gasteiger partial charge in [-0.15, -0.1) is 0 Å². The molecule has 0 aliphatic heterocycles. The third kappa shape index (κ3) is 4.14. The average Bonchev–Trinajstić information content (AvgIpc) is 3.44. The maximum atomic E-state index is 10.7. The molecule has 2 heterocycles. The number of phenolic OH excluding ortho intramolecular Hbond substituents is 1. The lowest BCUT2D eigenvalue weighted by molar-refractivity contribution is 0.194. The fourth-order valence-corrected chi connectivity index (χ4v) is 3.76. The maximum Gasteiger partial charge on any atom is 0.404 e. The van der Waals surface area contributed by atoms with Gasteiger partial charge < -0.3 is 25.0 Å². The third-order valence-corrected chi connectivity index (χ3v) is 5.42. The Morgan fingerprint density at radius 3 is 2.48 bits per heavy atom. The number of carbonyl (C=O) groups is 1. The lowest BCUT2D eigenvalue weighted by atomic mass is 10.00. The number of H-pyrrole nitrogens is 1. The smallest absolute Gasteiger partial charge is 0.404 e. The molecule has 0 unspecified atom stereocenters. The van der Waals surface area contributed by atoms with Crippen LogP contribution in [0.4, 0.5) is 4.79 Å². The van der Waals surface area contributed by atoms with Crippen molar-refractivity contribution in [1.82, 2.24) is 20.4 Å². The predicted molar refractivity (Wildman–Crippen MR) is 124 cm³/mol. The van der Waals surface area contributed by atoms with Gasteiger partial charge in [0.25, 0.3) is 0 Å². The van der Waals surface area contributed by atoms with Crippen LogP contribution in [-0.4, -0.2) is 31.4 Å². The number of aromatic hydroxyl groups is 1. The summed E-state index contributed by atoms with van der Waals surface area (Å²) < 4.78 is 5.08. The summed E-state index contributed by atoms with van der Waals surface area (Å²) in [6, 6.07) is 20.9. The van der Waals surface area contributed by atoms with Gasteiger partial charge in [0.2, 0.25) is 11.7 Å². The molecule has 0 radical (unpaired) electrons. The Balaban J connectivity index is 1.47. The Morgan fingerprint density at radius 2 is 1.76 bits per heavy atom. The van der Waals surface area contributed by atoms with Crippen LogP contribution in [0, 0.1) is 6.92 Å². The highest BCUT2D eigenvalue weighted by Gasteiger charge is 2.12. The summed E-state index contributed by atoms with van der Waals surface area (Å²) in [5.41, 5.74) is 5.99. The first kappa shape index (κ1) is 20.3. The molecule has 33 heavy (non-hydrogen) atoms. The number of nitrogens with zero attached hydrogens (tertiary/aromatic N) is 2. The van der Waals surface area contributed by atoms with Crippen molar-refractivity contribution in [3.63, 3.8) is 0 Å². The van der Waals surface area contributed by atoms with Gasteiger partial charge in [0.05, 0.1) is 5.69 Å². The van der Waals surface area contributed by atoms with Crippen molar-refractivity contribution in [3.8, 4) is 39.5 Å². The van der Waals surface area contributed by atoms with Gasteiger partial charge in [0.15, 0.2) is 0 Å². The van der Waals surface area contributed by atoms with Crippen molar-refractivity contribution >= 4 is 17.0 Å². The normalized spacial score (nSPS) is 11.1. The molecule has 0 spiro atoms. The minimum atomic E-state index is -1.06. The number of aromatic nitrogens is 3. The van der Waals surface area contributed by atoms with E-state index in [-0.39, 0.29) is 12.3 Å². The number of aryl methyl sites for hydroxylation is 1. The number of amides is 1. The summed E-state index contributed by atoms with van der Waals surface area (Å²) in [6.45, 7) is 2.00. The van der Waals surface area contributed by atoms with E-state index in [1.807, 2.05) is 60.7 Å². The van der Waals surface area contributed by atoms with E-state index in [1.165, 1.54) is 0 Å². The van der Waals surface area contributed by atoms with Crippen molar-refractivity contribution in [3.05, 3.63) is 78.2 Å². The Kier molecular flexibility index (Phi) is 5.02. The summed E-state index contributed by atoms with van der Waals surface area (Å²) in [4.78, 5) is 18.3. The molecule has 0 atom stereocenters. The molecule has 5 aromatic rings. The minimum Gasteiger partial charge on any atom is -0.507 e. The average molecular weight is 440 g/mol. The van der Waals surface area contributed by atoms with E-state index in [9.17, 15) is 9.90 Å². The summed E-state index contributed by atoms with van der Waals surface area (Å²) in [5, 5.41) is 26.6. The zero-order valence-electron chi connectivity index (χ0n) is 17.7. The first-order valence-electron chi connectivity index (χ1n) is 10.3. The van der Waals surface area contributed by atoms with Gasteiger partial charge in [-0.25, -0.2) is 4.79 Å². The second-order valence-corrected chi connectivity index (χ2v) is 7.71. The topological polar surface area (TPSA) is 124 Å². The highest BCUT2D eigenvalue weighted by molar-refractivity contribution is 5.90. The standard InChI is InChI=1S/C25H20N4O4/c1-14-27-24(29-33-14)18-6-8-21-19(10-18)12-22(28-21)20-11-17(7-9-23(20)30)16-4-2-15(3-5-16)13-26-25(31)32/h2-12,26,28,30H,13H2,1H3,(H,31,32). The van der Waals surface area contributed by atoms with Crippen LogP contribution >= 0.6 is 0 Å². The van der Waals surface area contributed by atoms with E-state index in [4.69, 9.17) is 9.63 Å². The molecule has 4 N–H and O–H groups in total. The number of fused-ring (bicyclic) bond motifs is 1. The number of aromatic amines is 1. The molecule has 0 saturated carbocycles. The molecule has 0 aliphatic rings. The van der Waals surface area contributed by atoms with E-state index >= 15 is 0 Å². The Labute approximate surface area is 188 Å². The lowest BCUT2D eigenvalue weighted by Crippen LogP contribution is -2.19. The zero-order chi connectivity index (χ0) is 22.9. The van der Waals surface area contributed by atoms with Crippen molar-refractivity contribution < 1.29 is 19.5 Å². The molecular formula is C25H20N4O4. The lowest BCUT2D eigenvalue weighted by Gasteiger charge is -2.08. The molecular weight excluding hydrogens is 420 g/mol. The molecule has 164 valence electrons. The molecule has 0 bridgehead atoms. The number of benzene rings is 3. The Hall–Kier alpha value is -4.59. The monoisotopic (exact) mass is 440 g/mol. The van der Waals surface area contributed by atoms with Crippen LogP contribution in [-0.2, 0) is 6.54 Å². The highest BCUT2D eigenvalue weighted by Crippen LogP contribution is 2.35. The first-order valence-corrected chi connectivity index (χ1v) is 10.3. The van der Waals surface area contributed by atoms with Crippen molar-refractivity contribution in [2.24, 2.45) is 0 Å². The Morgan fingerprint density at radius 1 is 1.00 bits per heavy atom. The number of nitrogens with one attached hydrogen (secondary N) is 2. The highest BCUT2D eigenvalue weighted by atomic mass is 16.5. The molecule has 8 nitrogen and oxygen atoms in total. The number of hydrogen-bond acceptors (Lipinski definition) is 5. The minimum absolute atomic E-state index is 0.168. The molecule has 0 aliphatic carbocycles. The van der Waals surface area contributed by atoms with Crippen LogP contribution < -0.4 is 5.32 Å². The van der Waals surface area contributed by atoms with Crippen molar-refractivity contribution in [2.45, 2.75) is 13.5 Å². The number of rotatable bonds is 5. The fourth-order valence-electron chi connectivity index (χ4n) is 3.76. The van der Waals surface area contributed by atoms with Gasteiger partial charge in [-0.2, -0.15) is 4.98 Å². The first-order chi connectivity index (χ1) is 16.0. The van der Waals surface area contributed by atoms with Crippen molar-refractivity contribution in [2.75, 3.05) is 0 Å². The molecule has 0 saturated heterocycles. The quantitative estimate of drug-likeness (QED) is 0.293. The molecule has 5 rings (SSSR count). The second-order valence-electron chi connectivity index (χ2n) is 7.71. The van der Waals surface area contributed by atoms with Crippen LogP contribution in [0.2, 0.25) is 0 Å². The SMILES string of the molecule is Cc1nc(-c2ccc3[nH]c(-c4cc(-c5ccc(CNC(=O)O)cc5)ccc4O)cc3c2)no1. The second kappa shape index (κ2) is 8.16. The van der Waals surface area contributed by atoms with Gasteiger partial charge in [0, 0.05) is 35.5 Å². The fraction of sp³-hybridized carbons (Fsp3) is 0.0800. The van der Waals surface area contributed by atoms with Crippen LogP contribution in [0.15, 0.2) is 71.3 Å². The largest absolute Gasteiger partial charge is 0.507 e. The molecule has 0 fully saturated rings. The Bertz CT molecular complexity index is 1470. The number of phenols is 1. The van der Waals surface area contributed by atoms with Gasteiger partial charge in [-0.05, 0) is 53.1 Å². The summed E-state index contributed by atoms with van der Waals surface area (Å²) in [5.74, 6) is 1.21. The summed E-state index contributed by atoms with van der Waals surface area (Å²) >= 11 is 0. The summed E-state index contributed by atoms with van der Waals surface area (Å²) in [6.07, 6.45) is -1.06. The predicted octanol–water partition coefficient (Wildman–Crippen LogP) is 5.33. The van der Waals surface area contributed by atoms with Gasteiger partial charge in [-0.1, -0.05) is 35.5 Å². The molecule has 3 aromatic carbocycles. The van der Waals surface area contributed by atoms with Gasteiger partial charge in [0.1, 0.15) is 5.75 Å². The molecule has 8 heteroatoms. The van der Waals surface area contributed by atoms with Crippen LogP contribution in [0.3, 0.4) is 0 Å². The van der Waals surface area contributed by atoms with Gasteiger partial charge in [-0.3, -0.25) is 0 Å². The van der Waals surface area contributed by atoms with E-state index in [0.717, 1.165) is 38.9 Å².